The van der Waals surface area contributed by atoms with Gasteiger partial charge >= 0.3 is 0 Å². The molecule has 4 nitrogen and oxygen atoms in total. The van der Waals surface area contributed by atoms with Gasteiger partial charge in [-0.2, -0.15) is 0 Å². The fraction of sp³-hybridized carbons (Fsp3) is 0.462. The minimum atomic E-state index is -0.589. The summed E-state index contributed by atoms with van der Waals surface area (Å²) in [4.78, 5) is 13.5. The summed E-state index contributed by atoms with van der Waals surface area (Å²) in [6.07, 6.45) is 0. The lowest BCUT2D eigenvalue weighted by atomic mass is 10.1. The van der Waals surface area contributed by atoms with Crippen LogP contribution < -0.4 is 4.74 Å². The predicted octanol–water partition coefficient (Wildman–Crippen LogP) is 2.32. The Labute approximate surface area is 120 Å². The fourth-order valence-electron chi connectivity index (χ4n) is 1.62. The Balaban J connectivity index is 2.76. The van der Waals surface area contributed by atoms with E-state index in [1.165, 1.54) is 24.1 Å². The Morgan fingerprint density at radius 1 is 1.47 bits per heavy atom. The number of alkyl halides is 1. The number of amides is 1. The summed E-state index contributed by atoms with van der Waals surface area (Å²) in [5.74, 6) is -0.579. The van der Waals surface area contributed by atoms with Crippen molar-refractivity contribution in [1.82, 2.24) is 4.90 Å². The molecule has 0 saturated heterocycles. The molecule has 0 N–H and O–H groups in total. The van der Waals surface area contributed by atoms with Gasteiger partial charge in [-0.05, 0) is 12.1 Å². The van der Waals surface area contributed by atoms with E-state index in [4.69, 9.17) is 9.47 Å². The highest BCUT2D eigenvalue weighted by molar-refractivity contribution is 9.09. The molecule has 0 radical (unpaired) electrons. The van der Waals surface area contributed by atoms with E-state index in [1.807, 2.05) is 0 Å². The summed E-state index contributed by atoms with van der Waals surface area (Å²) in [6.45, 7) is 0.904. The lowest BCUT2D eigenvalue weighted by molar-refractivity contribution is 0.0779. The second-order valence-electron chi connectivity index (χ2n) is 4.08. The molecule has 1 rings (SSSR count). The van der Waals surface area contributed by atoms with Gasteiger partial charge in [0.25, 0.3) is 5.91 Å². The molecular weight excluding hydrogens is 317 g/mol. The Bertz CT molecular complexity index is 442. The molecule has 0 aromatic heterocycles. The Kier molecular flexibility index (Phi) is 6.24. The molecular formula is C13H17BrFNO3. The number of carbonyl (C=O) groups is 1. The topological polar surface area (TPSA) is 38.8 Å². The Morgan fingerprint density at radius 3 is 2.68 bits per heavy atom. The smallest absolute Gasteiger partial charge is 0.256 e. The summed E-state index contributed by atoms with van der Waals surface area (Å²) < 4.78 is 23.6. The third-order valence-electron chi connectivity index (χ3n) is 2.57. The summed E-state index contributed by atoms with van der Waals surface area (Å²) in [6, 6.07) is 4.18. The number of benzene rings is 1. The summed E-state index contributed by atoms with van der Waals surface area (Å²) >= 11 is 3.39. The highest BCUT2D eigenvalue weighted by atomic mass is 79.9. The molecule has 0 aliphatic carbocycles. The first kappa shape index (κ1) is 15.9. The number of nitrogens with zero attached hydrogens (tertiary/aromatic N) is 1. The molecule has 0 heterocycles. The number of halogens is 2. The van der Waals surface area contributed by atoms with Crippen molar-refractivity contribution < 1.29 is 18.7 Å². The van der Waals surface area contributed by atoms with Crippen LogP contribution in [0.25, 0.3) is 0 Å². The lowest BCUT2D eigenvalue weighted by Gasteiger charge is -2.20. The summed E-state index contributed by atoms with van der Waals surface area (Å²) in [7, 11) is 4.65. The molecule has 0 aliphatic heterocycles. The Hall–Kier alpha value is -1.14. The van der Waals surface area contributed by atoms with Gasteiger partial charge in [0.2, 0.25) is 0 Å². The second kappa shape index (κ2) is 7.45. The monoisotopic (exact) mass is 333 g/mol. The van der Waals surface area contributed by atoms with Gasteiger partial charge in [-0.3, -0.25) is 4.79 Å². The van der Waals surface area contributed by atoms with E-state index in [-0.39, 0.29) is 16.3 Å². The van der Waals surface area contributed by atoms with Gasteiger partial charge in [0.1, 0.15) is 11.6 Å². The van der Waals surface area contributed by atoms with Crippen LogP contribution in [-0.4, -0.2) is 50.1 Å². The first-order chi connectivity index (χ1) is 8.99. The van der Waals surface area contributed by atoms with E-state index in [1.54, 1.807) is 20.2 Å². The molecule has 0 bridgehead atoms. The molecule has 6 heteroatoms. The van der Waals surface area contributed by atoms with Crippen molar-refractivity contribution in [1.29, 1.82) is 0 Å². The zero-order valence-corrected chi connectivity index (χ0v) is 12.7. The predicted molar refractivity (Wildman–Crippen MR) is 74.5 cm³/mol. The highest BCUT2D eigenvalue weighted by Gasteiger charge is 2.18. The normalized spacial score (nSPS) is 12.1. The van der Waals surface area contributed by atoms with Crippen LogP contribution in [0.5, 0.6) is 5.75 Å². The summed E-state index contributed by atoms with van der Waals surface area (Å²) in [5, 5.41) is 0. The van der Waals surface area contributed by atoms with Gasteiger partial charge in [-0.1, -0.05) is 15.9 Å². The van der Waals surface area contributed by atoms with Crippen molar-refractivity contribution in [3.8, 4) is 5.75 Å². The average molecular weight is 334 g/mol. The van der Waals surface area contributed by atoms with E-state index in [0.717, 1.165) is 0 Å². The van der Waals surface area contributed by atoms with Crippen molar-refractivity contribution in [3.05, 3.63) is 29.6 Å². The van der Waals surface area contributed by atoms with Gasteiger partial charge < -0.3 is 14.4 Å². The molecule has 1 atom stereocenters. The van der Waals surface area contributed by atoms with Gasteiger partial charge in [0.15, 0.2) is 0 Å². The lowest BCUT2D eigenvalue weighted by Crippen LogP contribution is -2.34. The first-order valence-corrected chi connectivity index (χ1v) is 6.63. The van der Waals surface area contributed by atoms with Crippen molar-refractivity contribution in [2.24, 2.45) is 0 Å². The quantitative estimate of drug-likeness (QED) is 0.750. The van der Waals surface area contributed by atoms with Crippen molar-refractivity contribution >= 4 is 21.8 Å². The van der Waals surface area contributed by atoms with Crippen molar-refractivity contribution in [3.63, 3.8) is 0 Å². The summed E-state index contributed by atoms with van der Waals surface area (Å²) in [5.41, 5.74) is 0.0282. The highest BCUT2D eigenvalue weighted by Crippen LogP contribution is 2.18. The SMILES string of the molecule is COCC(Br)CN(C)C(=O)c1ccc(OC)cc1F. The van der Waals surface area contributed by atoms with Gasteiger partial charge in [0.05, 0.1) is 24.1 Å². The molecule has 1 aromatic carbocycles. The number of carbonyl (C=O) groups excluding carboxylic acids is 1. The minimum Gasteiger partial charge on any atom is -0.497 e. The van der Waals surface area contributed by atoms with E-state index in [2.05, 4.69) is 15.9 Å². The maximum atomic E-state index is 13.8. The number of hydrogen-bond acceptors (Lipinski definition) is 3. The van der Waals surface area contributed by atoms with E-state index >= 15 is 0 Å². The van der Waals surface area contributed by atoms with Crippen LogP contribution in [0.2, 0.25) is 0 Å². The third kappa shape index (κ3) is 4.47. The van der Waals surface area contributed by atoms with Crippen LogP contribution >= 0.6 is 15.9 Å². The standard InChI is InChI=1S/C13H17BrFNO3/c1-16(7-9(14)8-18-2)13(17)11-5-4-10(19-3)6-12(11)15/h4-6,9H,7-8H2,1-3H3. The van der Waals surface area contributed by atoms with Crippen molar-refractivity contribution in [2.75, 3.05) is 34.4 Å². The number of methoxy groups -OCH3 is 2. The number of hydrogen-bond donors (Lipinski definition) is 0. The van der Waals surface area contributed by atoms with E-state index in [0.29, 0.717) is 18.9 Å². The number of ether oxygens (including phenoxy) is 2. The van der Waals surface area contributed by atoms with Gasteiger partial charge in [-0.25, -0.2) is 4.39 Å². The third-order valence-corrected chi connectivity index (χ3v) is 3.13. The van der Waals surface area contributed by atoms with Gasteiger partial charge in [-0.15, -0.1) is 0 Å². The largest absolute Gasteiger partial charge is 0.497 e. The van der Waals surface area contributed by atoms with Crippen LogP contribution in [0.1, 0.15) is 10.4 Å². The first-order valence-electron chi connectivity index (χ1n) is 5.71. The minimum absolute atomic E-state index is 0.00718. The molecule has 0 saturated carbocycles. The molecule has 0 spiro atoms. The van der Waals surface area contributed by atoms with Crippen LogP contribution in [0.4, 0.5) is 4.39 Å². The van der Waals surface area contributed by atoms with Crippen LogP contribution in [0.15, 0.2) is 18.2 Å². The molecule has 1 aromatic rings. The average Bonchev–Trinajstić information content (AvgIpc) is 2.37. The Morgan fingerprint density at radius 2 is 2.16 bits per heavy atom. The molecule has 1 amide bonds. The van der Waals surface area contributed by atoms with E-state index in [9.17, 15) is 9.18 Å². The zero-order valence-electron chi connectivity index (χ0n) is 11.2. The molecule has 19 heavy (non-hydrogen) atoms. The van der Waals surface area contributed by atoms with Crippen molar-refractivity contribution in [2.45, 2.75) is 4.83 Å². The van der Waals surface area contributed by atoms with Gasteiger partial charge in [0, 0.05) is 26.8 Å². The molecule has 0 fully saturated rings. The second-order valence-corrected chi connectivity index (χ2v) is 5.38. The van der Waals surface area contributed by atoms with E-state index < -0.39 is 5.82 Å². The van der Waals surface area contributed by atoms with Crippen LogP contribution in [-0.2, 0) is 4.74 Å². The molecule has 1 unspecified atom stereocenters. The fourth-order valence-corrected chi connectivity index (χ4v) is 2.31. The molecule has 0 aliphatic rings. The zero-order chi connectivity index (χ0) is 14.4. The number of rotatable bonds is 6. The van der Waals surface area contributed by atoms with Crippen LogP contribution in [0, 0.1) is 5.82 Å². The maximum Gasteiger partial charge on any atom is 0.256 e. The molecule has 106 valence electrons. The maximum absolute atomic E-state index is 13.8. The van der Waals surface area contributed by atoms with Crippen LogP contribution in [0.3, 0.4) is 0 Å².